The number of methoxy groups -OCH3 is 1. The van der Waals surface area contributed by atoms with E-state index in [1.54, 1.807) is 13.2 Å². The average Bonchev–Trinajstić information content (AvgIpc) is 2.70. The molecule has 2 heterocycles. The molecule has 1 aliphatic rings. The van der Waals surface area contributed by atoms with Gasteiger partial charge in [0.15, 0.2) is 11.6 Å². The number of rotatable bonds is 7. The Morgan fingerprint density at radius 2 is 2.33 bits per heavy atom. The van der Waals surface area contributed by atoms with Crippen LogP contribution in [0.1, 0.15) is 12.8 Å². The van der Waals surface area contributed by atoms with Crippen molar-refractivity contribution in [1.29, 1.82) is 0 Å². The number of nitrogens with zero attached hydrogens (tertiary/aromatic N) is 3. The number of ether oxygens (including phenoxy) is 1. The van der Waals surface area contributed by atoms with Crippen LogP contribution in [0.25, 0.3) is 0 Å². The molecule has 8 heteroatoms. The molecule has 3 N–H and O–H groups in total. The van der Waals surface area contributed by atoms with E-state index in [4.69, 9.17) is 4.74 Å². The zero-order valence-electron chi connectivity index (χ0n) is 15.2. The SMILES string of the molecule is C=CC(O)N1CCCC(Nc2nc(Nc3cccc(OC)c3)ncc2F)C1. The molecule has 0 aliphatic carbocycles. The quantitative estimate of drug-likeness (QED) is 0.644. The molecule has 1 fully saturated rings. The number of anilines is 3. The van der Waals surface area contributed by atoms with Gasteiger partial charge in [0.25, 0.3) is 0 Å². The van der Waals surface area contributed by atoms with E-state index in [-0.39, 0.29) is 17.8 Å². The van der Waals surface area contributed by atoms with Crippen LogP contribution in [0.15, 0.2) is 43.1 Å². The van der Waals surface area contributed by atoms with Crippen molar-refractivity contribution in [1.82, 2.24) is 14.9 Å². The third-order valence-corrected chi connectivity index (χ3v) is 4.45. The lowest BCUT2D eigenvalue weighted by Crippen LogP contribution is -2.46. The van der Waals surface area contributed by atoms with Crippen LogP contribution >= 0.6 is 0 Å². The minimum Gasteiger partial charge on any atom is -0.497 e. The van der Waals surface area contributed by atoms with Crippen molar-refractivity contribution < 1.29 is 14.2 Å². The second-order valence-electron chi connectivity index (χ2n) is 6.37. The molecule has 0 spiro atoms. The van der Waals surface area contributed by atoms with Crippen molar-refractivity contribution in [2.45, 2.75) is 25.1 Å². The number of aliphatic hydroxyl groups is 1. The van der Waals surface area contributed by atoms with Crippen LogP contribution in [0.2, 0.25) is 0 Å². The lowest BCUT2D eigenvalue weighted by atomic mass is 10.1. The highest BCUT2D eigenvalue weighted by molar-refractivity contribution is 5.57. The van der Waals surface area contributed by atoms with Gasteiger partial charge >= 0.3 is 0 Å². The van der Waals surface area contributed by atoms with Crippen LogP contribution in [-0.4, -0.2) is 52.4 Å². The highest BCUT2D eigenvalue weighted by Crippen LogP contribution is 2.22. The molecule has 27 heavy (non-hydrogen) atoms. The van der Waals surface area contributed by atoms with E-state index in [1.807, 2.05) is 23.1 Å². The van der Waals surface area contributed by atoms with Gasteiger partial charge in [-0.15, -0.1) is 0 Å². The van der Waals surface area contributed by atoms with Crippen molar-refractivity contribution in [3.8, 4) is 5.75 Å². The van der Waals surface area contributed by atoms with Gasteiger partial charge in [0.05, 0.1) is 13.3 Å². The summed E-state index contributed by atoms with van der Waals surface area (Å²) < 4.78 is 19.4. The van der Waals surface area contributed by atoms with Crippen LogP contribution in [0.5, 0.6) is 5.75 Å². The molecule has 0 radical (unpaired) electrons. The number of aliphatic hydroxyl groups excluding tert-OH is 1. The van der Waals surface area contributed by atoms with Gasteiger partial charge in [-0.05, 0) is 31.1 Å². The summed E-state index contributed by atoms with van der Waals surface area (Å²) in [4.78, 5) is 10.1. The second kappa shape index (κ2) is 8.79. The lowest BCUT2D eigenvalue weighted by molar-refractivity contribution is 0.0251. The minimum absolute atomic E-state index is 0.0255. The van der Waals surface area contributed by atoms with E-state index in [2.05, 4.69) is 27.2 Å². The Labute approximate surface area is 157 Å². The monoisotopic (exact) mass is 373 g/mol. The van der Waals surface area contributed by atoms with Gasteiger partial charge < -0.3 is 20.5 Å². The van der Waals surface area contributed by atoms with Crippen molar-refractivity contribution in [2.75, 3.05) is 30.8 Å². The van der Waals surface area contributed by atoms with Gasteiger partial charge in [-0.3, -0.25) is 4.90 Å². The number of hydrogen-bond donors (Lipinski definition) is 3. The summed E-state index contributed by atoms with van der Waals surface area (Å²) >= 11 is 0. The standard InChI is InChI=1S/C19H24FN5O2/c1-3-17(26)25-9-5-7-14(12-25)22-18-16(20)11-21-19(24-18)23-13-6-4-8-15(10-13)27-2/h3-4,6,8,10-11,14,17,26H,1,5,7,9,12H2,2H3,(H2,21,22,23,24). The molecule has 1 saturated heterocycles. The zero-order valence-corrected chi connectivity index (χ0v) is 15.2. The molecule has 0 amide bonds. The fourth-order valence-corrected chi connectivity index (χ4v) is 3.07. The summed E-state index contributed by atoms with van der Waals surface area (Å²) in [6.45, 7) is 4.97. The molecule has 2 atom stereocenters. The van der Waals surface area contributed by atoms with E-state index in [0.717, 1.165) is 31.3 Å². The van der Waals surface area contributed by atoms with Gasteiger partial charge in [-0.1, -0.05) is 12.6 Å². The molecule has 2 unspecified atom stereocenters. The first-order valence-corrected chi connectivity index (χ1v) is 8.84. The lowest BCUT2D eigenvalue weighted by Gasteiger charge is -2.35. The molecule has 1 aromatic carbocycles. The van der Waals surface area contributed by atoms with Crippen LogP contribution in [0, 0.1) is 5.82 Å². The number of benzene rings is 1. The van der Waals surface area contributed by atoms with E-state index in [1.165, 1.54) is 6.08 Å². The number of hydrogen-bond acceptors (Lipinski definition) is 7. The van der Waals surface area contributed by atoms with E-state index >= 15 is 0 Å². The highest BCUT2D eigenvalue weighted by atomic mass is 19.1. The normalized spacial score (nSPS) is 18.6. The third-order valence-electron chi connectivity index (χ3n) is 4.45. The zero-order chi connectivity index (χ0) is 19.2. The molecule has 7 nitrogen and oxygen atoms in total. The van der Waals surface area contributed by atoms with E-state index in [0.29, 0.717) is 12.3 Å². The van der Waals surface area contributed by atoms with Gasteiger partial charge in [0, 0.05) is 30.9 Å². The third kappa shape index (κ3) is 4.93. The summed E-state index contributed by atoms with van der Waals surface area (Å²) in [5.74, 6) is 0.595. The molecule has 1 aromatic heterocycles. The van der Waals surface area contributed by atoms with Crippen molar-refractivity contribution in [3.63, 3.8) is 0 Å². The number of piperidine rings is 1. The van der Waals surface area contributed by atoms with Crippen LogP contribution in [-0.2, 0) is 0 Å². The summed E-state index contributed by atoms with van der Waals surface area (Å²) in [5.41, 5.74) is 0.741. The predicted molar refractivity (Wildman–Crippen MR) is 103 cm³/mol. The first-order valence-electron chi connectivity index (χ1n) is 8.84. The van der Waals surface area contributed by atoms with Crippen LogP contribution in [0.4, 0.5) is 21.8 Å². The van der Waals surface area contributed by atoms with E-state index < -0.39 is 12.0 Å². The molecule has 144 valence electrons. The van der Waals surface area contributed by atoms with Crippen LogP contribution in [0.3, 0.4) is 0 Å². The maximum atomic E-state index is 14.2. The Balaban J connectivity index is 1.70. The topological polar surface area (TPSA) is 82.5 Å². The van der Waals surface area contributed by atoms with Crippen molar-refractivity contribution in [3.05, 3.63) is 48.9 Å². The Morgan fingerprint density at radius 1 is 1.48 bits per heavy atom. The number of likely N-dealkylation sites (tertiary alicyclic amines) is 1. The number of nitrogens with one attached hydrogen (secondary N) is 2. The summed E-state index contributed by atoms with van der Waals surface area (Å²) in [5, 5.41) is 16.1. The second-order valence-corrected chi connectivity index (χ2v) is 6.37. The number of halogens is 1. The van der Waals surface area contributed by atoms with Gasteiger partial charge in [-0.25, -0.2) is 9.37 Å². The Kier molecular flexibility index (Phi) is 6.20. The minimum atomic E-state index is -0.699. The molecule has 0 saturated carbocycles. The maximum absolute atomic E-state index is 14.2. The largest absolute Gasteiger partial charge is 0.497 e. The number of aromatic nitrogens is 2. The highest BCUT2D eigenvalue weighted by Gasteiger charge is 2.24. The molecule has 1 aliphatic heterocycles. The molecule has 3 rings (SSSR count). The Hall–Kier alpha value is -2.71. The van der Waals surface area contributed by atoms with Gasteiger partial charge in [0.2, 0.25) is 5.95 Å². The summed E-state index contributed by atoms with van der Waals surface area (Å²) in [6.07, 6.45) is 3.68. The van der Waals surface area contributed by atoms with Crippen molar-refractivity contribution >= 4 is 17.5 Å². The smallest absolute Gasteiger partial charge is 0.229 e. The fraction of sp³-hybridized carbons (Fsp3) is 0.368. The Morgan fingerprint density at radius 3 is 3.11 bits per heavy atom. The maximum Gasteiger partial charge on any atom is 0.229 e. The average molecular weight is 373 g/mol. The van der Waals surface area contributed by atoms with E-state index in [9.17, 15) is 9.50 Å². The van der Waals surface area contributed by atoms with Crippen molar-refractivity contribution in [2.24, 2.45) is 0 Å². The first kappa shape index (κ1) is 19.1. The molecular formula is C19H24FN5O2. The summed E-state index contributed by atoms with van der Waals surface area (Å²) in [6, 6.07) is 7.29. The molecule has 2 aromatic rings. The van der Waals surface area contributed by atoms with Crippen LogP contribution < -0.4 is 15.4 Å². The summed E-state index contributed by atoms with van der Waals surface area (Å²) in [7, 11) is 1.59. The molecular weight excluding hydrogens is 349 g/mol. The fourth-order valence-electron chi connectivity index (χ4n) is 3.07. The predicted octanol–water partition coefficient (Wildman–Crippen LogP) is 2.75. The first-order chi connectivity index (χ1) is 13.1. The Bertz CT molecular complexity index is 788. The molecule has 0 bridgehead atoms. The van der Waals surface area contributed by atoms with Gasteiger partial charge in [-0.2, -0.15) is 4.98 Å². The van der Waals surface area contributed by atoms with Gasteiger partial charge in [0.1, 0.15) is 12.0 Å².